The van der Waals surface area contributed by atoms with Gasteiger partial charge in [-0.1, -0.05) is 35.5 Å². The van der Waals surface area contributed by atoms with E-state index in [1.807, 2.05) is 60.7 Å². The van der Waals surface area contributed by atoms with Gasteiger partial charge < -0.3 is 18.7 Å². The van der Waals surface area contributed by atoms with Crippen molar-refractivity contribution in [2.75, 3.05) is 21.3 Å². The van der Waals surface area contributed by atoms with Gasteiger partial charge in [0.05, 0.1) is 27.0 Å². The van der Waals surface area contributed by atoms with Crippen LogP contribution >= 0.6 is 0 Å². The summed E-state index contributed by atoms with van der Waals surface area (Å²) >= 11 is 0. The van der Waals surface area contributed by atoms with Crippen molar-refractivity contribution in [3.8, 4) is 51.1 Å². The first-order valence-electron chi connectivity index (χ1n) is 9.02. The molecule has 0 amide bonds. The topological polar surface area (TPSA) is 66.6 Å². The lowest BCUT2D eigenvalue weighted by molar-refractivity contribution is 0.324. The molecule has 0 radical (unpaired) electrons. The number of hydrogen-bond acceptors (Lipinski definition) is 6. The first kappa shape index (κ1) is 18.6. The molecule has 0 atom stereocenters. The number of nitrogens with zero attached hydrogens (tertiary/aromatic N) is 2. The number of methoxy groups -OCH3 is 3. The van der Waals surface area contributed by atoms with Gasteiger partial charge in [0.15, 0.2) is 17.3 Å². The van der Waals surface area contributed by atoms with E-state index in [1.54, 1.807) is 27.5 Å². The van der Waals surface area contributed by atoms with Crippen LogP contribution in [0, 0.1) is 0 Å². The Hall–Kier alpha value is -3.80. The Morgan fingerprint density at radius 3 is 1.90 bits per heavy atom. The second-order valence-corrected chi connectivity index (χ2v) is 6.28. The Morgan fingerprint density at radius 1 is 0.690 bits per heavy atom. The molecule has 0 saturated carbocycles. The van der Waals surface area contributed by atoms with Gasteiger partial charge in [0, 0.05) is 29.0 Å². The molecular weight excluding hydrogens is 368 g/mol. The molecule has 0 N–H and O–H groups in total. The Balaban J connectivity index is 1.65. The Labute approximate surface area is 168 Å². The number of ether oxygens (including phenoxy) is 3. The molecular formula is C23H20N2O4. The molecule has 4 aromatic rings. The van der Waals surface area contributed by atoms with E-state index in [-0.39, 0.29) is 0 Å². The smallest absolute Gasteiger partial charge is 0.203 e. The van der Waals surface area contributed by atoms with E-state index in [0.717, 1.165) is 28.1 Å². The number of aromatic nitrogens is 2. The maximum Gasteiger partial charge on any atom is 0.203 e. The number of hydrogen-bond donors (Lipinski definition) is 0. The number of benzene rings is 2. The lowest BCUT2D eigenvalue weighted by Gasteiger charge is -2.12. The molecule has 146 valence electrons. The maximum absolute atomic E-state index is 5.58. The van der Waals surface area contributed by atoms with Crippen LogP contribution in [-0.4, -0.2) is 31.5 Å². The Kier molecular flexibility index (Phi) is 5.16. The van der Waals surface area contributed by atoms with Gasteiger partial charge in [-0.25, -0.2) is 0 Å². The van der Waals surface area contributed by atoms with E-state index in [9.17, 15) is 0 Å². The van der Waals surface area contributed by atoms with Crippen LogP contribution in [0.5, 0.6) is 17.2 Å². The molecule has 0 unspecified atom stereocenters. The summed E-state index contributed by atoms with van der Waals surface area (Å²) < 4.78 is 21.8. The first-order valence-corrected chi connectivity index (χ1v) is 9.02. The Morgan fingerprint density at radius 2 is 1.34 bits per heavy atom. The quantitative estimate of drug-likeness (QED) is 0.458. The molecule has 29 heavy (non-hydrogen) atoms. The molecule has 2 heterocycles. The lowest BCUT2D eigenvalue weighted by Crippen LogP contribution is -1.95. The van der Waals surface area contributed by atoms with Crippen molar-refractivity contribution in [1.82, 2.24) is 10.1 Å². The minimum absolute atomic E-state index is 0.531. The van der Waals surface area contributed by atoms with E-state index >= 15 is 0 Å². The van der Waals surface area contributed by atoms with Gasteiger partial charge in [0.1, 0.15) is 5.69 Å². The molecule has 0 spiro atoms. The van der Waals surface area contributed by atoms with Crippen molar-refractivity contribution in [1.29, 1.82) is 0 Å². The molecule has 2 aromatic heterocycles. The fraction of sp³-hybridized carbons (Fsp3) is 0.130. The van der Waals surface area contributed by atoms with E-state index in [4.69, 9.17) is 18.7 Å². The van der Waals surface area contributed by atoms with Crippen LogP contribution < -0.4 is 14.2 Å². The molecule has 0 aliphatic heterocycles. The summed E-state index contributed by atoms with van der Waals surface area (Å²) in [4.78, 5) is 4.37. The highest BCUT2D eigenvalue weighted by Gasteiger charge is 2.17. The fourth-order valence-corrected chi connectivity index (χ4v) is 3.12. The van der Waals surface area contributed by atoms with Crippen molar-refractivity contribution >= 4 is 0 Å². The monoisotopic (exact) mass is 388 g/mol. The van der Waals surface area contributed by atoms with Crippen LogP contribution in [0.4, 0.5) is 0 Å². The lowest BCUT2D eigenvalue weighted by atomic mass is 10.1. The van der Waals surface area contributed by atoms with Gasteiger partial charge in [0.25, 0.3) is 0 Å². The summed E-state index contributed by atoms with van der Waals surface area (Å²) in [6.45, 7) is 0. The average Bonchev–Trinajstić information content (AvgIpc) is 3.29. The molecule has 6 heteroatoms. The largest absolute Gasteiger partial charge is 0.493 e. The first-order chi connectivity index (χ1) is 14.2. The summed E-state index contributed by atoms with van der Waals surface area (Å²) in [6, 6.07) is 19.4. The van der Waals surface area contributed by atoms with Crippen LogP contribution in [0.15, 0.2) is 71.4 Å². The Bertz CT molecular complexity index is 1080. The summed E-state index contributed by atoms with van der Waals surface area (Å²) in [6.07, 6.45) is 1.78. The molecule has 0 aliphatic carbocycles. The summed E-state index contributed by atoms with van der Waals surface area (Å²) in [5, 5.41) is 4.22. The molecule has 0 saturated heterocycles. The van der Waals surface area contributed by atoms with Crippen LogP contribution in [0.25, 0.3) is 33.8 Å². The fourth-order valence-electron chi connectivity index (χ4n) is 3.12. The zero-order valence-corrected chi connectivity index (χ0v) is 16.4. The summed E-state index contributed by atoms with van der Waals surface area (Å²) in [5.74, 6) is 2.25. The van der Waals surface area contributed by atoms with Crippen LogP contribution in [0.2, 0.25) is 0 Å². The summed E-state index contributed by atoms with van der Waals surface area (Å²) in [7, 11) is 4.73. The third-order valence-electron chi connectivity index (χ3n) is 4.60. The van der Waals surface area contributed by atoms with Gasteiger partial charge in [-0.05, 0) is 24.3 Å². The standard InChI is InChI=1S/C23H20N2O4/c1-26-21-12-17(13-22(27-2)23(21)28-3)20-14-19(25-29-20)16-9-7-15(8-10-16)18-6-4-5-11-24-18/h4-14H,1-3H3. The second kappa shape index (κ2) is 8.06. The normalized spacial score (nSPS) is 10.6. The van der Waals surface area contributed by atoms with Gasteiger partial charge in [0.2, 0.25) is 5.75 Å². The summed E-state index contributed by atoms with van der Waals surface area (Å²) in [5.41, 5.74) is 4.44. The molecule has 0 aliphatic rings. The second-order valence-electron chi connectivity index (χ2n) is 6.28. The molecule has 6 nitrogen and oxygen atoms in total. The number of rotatable bonds is 6. The predicted molar refractivity (Wildman–Crippen MR) is 110 cm³/mol. The average molecular weight is 388 g/mol. The van der Waals surface area contributed by atoms with Gasteiger partial charge >= 0.3 is 0 Å². The van der Waals surface area contributed by atoms with Crippen molar-refractivity contribution in [2.24, 2.45) is 0 Å². The van der Waals surface area contributed by atoms with E-state index < -0.39 is 0 Å². The highest BCUT2D eigenvalue weighted by Crippen LogP contribution is 2.41. The van der Waals surface area contributed by atoms with Gasteiger partial charge in [-0.15, -0.1) is 0 Å². The van der Waals surface area contributed by atoms with Crippen molar-refractivity contribution in [2.45, 2.75) is 0 Å². The third-order valence-corrected chi connectivity index (χ3v) is 4.60. The van der Waals surface area contributed by atoms with Crippen molar-refractivity contribution in [3.63, 3.8) is 0 Å². The van der Waals surface area contributed by atoms with Crippen molar-refractivity contribution in [3.05, 3.63) is 66.9 Å². The zero-order chi connectivity index (χ0) is 20.2. The van der Waals surface area contributed by atoms with E-state index in [1.165, 1.54) is 0 Å². The maximum atomic E-state index is 5.58. The highest BCUT2D eigenvalue weighted by molar-refractivity contribution is 5.72. The van der Waals surface area contributed by atoms with Gasteiger partial charge in [-0.2, -0.15) is 0 Å². The van der Waals surface area contributed by atoms with Crippen molar-refractivity contribution < 1.29 is 18.7 Å². The van der Waals surface area contributed by atoms with E-state index in [0.29, 0.717) is 23.0 Å². The van der Waals surface area contributed by atoms with Crippen LogP contribution in [0.3, 0.4) is 0 Å². The zero-order valence-electron chi connectivity index (χ0n) is 16.4. The van der Waals surface area contributed by atoms with Gasteiger partial charge in [-0.3, -0.25) is 4.98 Å². The van der Waals surface area contributed by atoms with Crippen LogP contribution in [-0.2, 0) is 0 Å². The molecule has 0 bridgehead atoms. The third kappa shape index (κ3) is 3.65. The van der Waals surface area contributed by atoms with E-state index in [2.05, 4.69) is 10.1 Å². The minimum atomic E-state index is 0.531. The molecule has 2 aromatic carbocycles. The molecule has 0 fully saturated rings. The minimum Gasteiger partial charge on any atom is -0.493 e. The highest BCUT2D eigenvalue weighted by atomic mass is 16.5. The number of pyridine rings is 1. The molecule has 4 rings (SSSR count). The SMILES string of the molecule is COc1cc(-c2cc(-c3ccc(-c4ccccn4)cc3)no2)cc(OC)c1OC. The predicted octanol–water partition coefficient (Wildman–Crippen LogP) is 5.10. The van der Waals surface area contributed by atoms with Crippen LogP contribution in [0.1, 0.15) is 0 Å².